The van der Waals surface area contributed by atoms with Crippen molar-refractivity contribution in [3.05, 3.63) is 0 Å². The molecule has 2 aliphatic rings. The van der Waals surface area contributed by atoms with Crippen LogP contribution in [0.1, 0.15) is 32.6 Å². The predicted octanol–water partition coefficient (Wildman–Crippen LogP) is 0.851. The fourth-order valence-electron chi connectivity index (χ4n) is 3.13. The molecule has 3 atom stereocenters. The molecule has 2 fully saturated rings. The van der Waals surface area contributed by atoms with Gasteiger partial charge in [0.05, 0.1) is 0 Å². The van der Waals surface area contributed by atoms with Crippen LogP contribution in [0.3, 0.4) is 0 Å². The molecule has 2 bridgehead atoms. The molecule has 2 aliphatic carbocycles. The molecular weight excluding hydrogens is 188 g/mol. The second-order valence-corrected chi connectivity index (χ2v) is 4.80. The molecular formula is C11H22N4. The number of nitrogens with zero attached hydrogens (tertiary/aromatic N) is 1. The lowest BCUT2D eigenvalue weighted by Gasteiger charge is -2.19. The van der Waals surface area contributed by atoms with Gasteiger partial charge in [0.1, 0.15) is 0 Å². The molecule has 0 aromatic carbocycles. The van der Waals surface area contributed by atoms with E-state index in [2.05, 4.69) is 15.7 Å². The van der Waals surface area contributed by atoms with Crippen LogP contribution in [0.2, 0.25) is 0 Å². The highest BCUT2D eigenvalue weighted by Gasteiger charge is 2.39. The van der Waals surface area contributed by atoms with E-state index < -0.39 is 0 Å². The van der Waals surface area contributed by atoms with Crippen molar-refractivity contribution < 1.29 is 0 Å². The van der Waals surface area contributed by atoms with Gasteiger partial charge >= 0.3 is 0 Å². The Labute approximate surface area is 91.7 Å². The molecule has 0 saturated heterocycles. The number of hydrogen-bond acceptors (Lipinski definition) is 2. The zero-order chi connectivity index (χ0) is 10.7. The summed E-state index contributed by atoms with van der Waals surface area (Å²) in [4.78, 5) is 4.50. The number of hydrazine groups is 1. The third kappa shape index (κ3) is 2.43. The molecule has 86 valence electrons. The Bertz CT molecular complexity index is 239. The van der Waals surface area contributed by atoms with E-state index in [0.717, 1.165) is 36.8 Å². The standard InChI is InChI=1S/C11H22N4/c1-2-13-11(15-12)14-7-10-6-8-3-4-9(10)5-8/h8-10H,2-7,12H2,1H3,(H2,13,14,15). The first-order chi connectivity index (χ1) is 7.33. The molecule has 2 rings (SSSR count). The summed E-state index contributed by atoms with van der Waals surface area (Å²) in [7, 11) is 0. The van der Waals surface area contributed by atoms with Crippen LogP contribution in [-0.4, -0.2) is 19.0 Å². The van der Waals surface area contributed by atoms with Crippen LogP contribution < -0.4 is 16.6 Å². The summed E-state index contributed by atoms with van der Waals surface area (Å²) in [5.41, 5.74) is 2.61. The SMILES string of the molecule is CCNC(=NCC1CC2CCC1C2)NN. The minimum Gasteiger partial charge on any atom is -0.356 e. The number of hydrogen-bond donors (Lipinski definition) is 3. The maximum absolute atomic E-state index is 5.38. The zero-order valence-corrected chi connectivity index (χ0v) is 9.50. The lowest BCUT2D eigenvalue weighted by molar-refractivity contribution is 0.341. The Balaban J connectivity index is 1.81. The Kier molecular flexibility index (Phi) is 3.46. The van der Waals surface area contributed by atoms with Crippen molar-refractivity contribution in [3.63, 3.8) is 0 Å². The number of guanidine groups is 1. The minimum absolute atomic E-state index is 0.736. The molecule has 3 unspecified atom stereocenters. The van der Waals surface area contributed by atoms with Crippen LogP contribution in [0.4, 0.5) is 0 Å². The summed E-state index contributed by atoms with van der Waals surface area (Å²) < 4.78 is 0. The average molecular weight is 210 g/mol. The maximum Gasteiger partial charge on any atom is 0.205 e. The largest absolute Gasteiger partial charge is 0.356 e. The molecule has 2 saturated carbocycles. The van der Waals surface area contributed by atoms with Gasteiger partial charge in [-0.05, 0) is 43.9 Å². The van der Waals surface area contributed by atoms with Crippen molar-refractivity contribution >= 4 is 5.96 Å². The minimum atomic E-state index is 0.736. The molecule has 4 N–H and O–H groups in total. The molecule has 4 heteroatoms. The zero-order valence-electron chi connectivity index (χ0n) is 9.50. The van der Waals surface area contributed by atoms with E-state index in [1.807, 2.05) is 6.92 Å². The summed E-state index contributed by atoms with van der Waals surface area (Å²) >= 11 is 0. The van der Waals surface area contributed by atoms with E-state index in [1.54, 1.807) is 0 Å². The molecule has 0 aliphatic heterocycles. The van der Waals surface area contributed by atoms with Crippen LogP contribution in [-0.2, 0) is 0 Å². The molecule has 0 spiro atoms. The van der Waals surface area contributed by atoms with Crippen LogP contribution in [0, 0.1) is 17.8 Å². The van der Waals surface area contributed by atoms with E-state index >= 15 is 0 Å². The van der Waals surface area contributed by atoms with Crippen molar-refractivity contribution in [3.8, 4) is 0 Å². The number of rotatable bonds is 3. The first-order valence-electron chi connectivity index (χ1n) is 6.08. The van der Waals surface area contributed by atoms with Gasteiger partial charge in [-0.2, -0.15) is 0 Å². The number of nitrogens with two attached hydrogens (primary N) is 1. The van der Waals surface area contributed by atoms with Crippen LogP contribution in [0.15, 0.2) is 4.99 Å². The van der Waals surface area contributed by atoms with Gasteiger partial charge in [-0.1, -0.05) is 6.42 Å². The van der Waals surface area contributed by atoms with E-state index in [4.69, 9.17) is 5.84 Å². The lowest BCUT2D eigenvalue weighted by Crippen LogP contribution is -2.41. The lowest BCUT2D eigenvalue weighted by atomic mass is 9.89. The van der Waals surface area contributed by atoms with Gasteiger partial charge in [-0.15, -0.1) is 0 Å². The first kappa shape index (κ1) is 10.7. The van der Waals surface area contributed by atoms with Gasteiger partial charge in [0.15, 0.2) is 0 Å². The molecule has 15 heavy (non-hydrogen) atoms. The van der Waals surface area contributed by atoms with Gasteiger partial charge < -0.3 is 5.32 Å². The number of aliphatic imine (C=N–C) groups is 1. The second kappa shape index (κ2) is 4.84. The normalized spacial score (nSPS) is 34.5. The van der Waals surface area contributed by atoms with E-state index in [9.17, 15) is 0 Å². The third-order valence-electron chi connectivity index (χ3n) is 3.85. The van der Waals surface area contributed by atoms with Crippen molar-refractivity contribution in [1.29, 1.82) is 0 Å². The highest BCUT2D eigenvalue weighted by atomic mass is 15.3. The van der Waals surface area contributed by atoms with Gasteiger partial charge in [-0.25, -0.2) is 5.84 Å². The third-order valence-corrected chi connectivity index (χ3v) is 3.85. The molecule has 0 aromatic heterocycles. The highest BCUT2D eigenvalue weighted by Crippen LogP contribution is 2.48. The van der Waals surface area contributed by atoms with Crippen LogP contribution in [0.25, 0.3) is 0 Å². The van der Waals surface area contributed by atoms with Gasteiger partial charge in [0.2, 0.25) is 5.96 Å². The Morgan fingerprint density at radius 3 is 2.80 bits per heavy atom. The Morgan fingerprint density at radius 2 is 2.27 bits per heavy atom. The Hall–Kier alpha value is -0.770. The molecule has 0 amide bonds. The molecule has 0 aromatic rings. The fraction of sp³-hybridized carbons (Fsp3) is 0.909. The predicted molar refractivity (Wildman–Crippen MR) is 62.2 cm³/mol. The highest BCUT2D eigenvalue weighted by molar-refractivity contribution is 5.79. The quantitative estimate of drug-likeness (QED) is 0.280. The second-order valence-electron chi connectivity index (χ2n) is 4.80. The van der Waals surface area contributed by atoms with E-state index in [1.165, 1.54) is 25.7 Å². The van der Waals surface area contributed by atoms with Crippen molar-refractivity contribution in [1.82, 2.24) is 10.7 Å². The smallest absolute Gasteiger partial charge is 0.205 e. The van der Waals surface area contributed by atoms with E-state index in [-0.39, 0.29) is 0 Å². The molecule has 0 radical (unpaired) electrons. The summed E-state index contributed by atoms with van der Waals surface area (Å²) in [6.45, 7) is 3.85. The van der Waals surface area contributed by atoms with Gasteiger partial charge in [0.25, 0.3) is 0 Å². The summed E-state index contributed by atoms with van der Waals surface area (Å²) in [6.07, 6.45) is 5.72. The molecule has 0 heterocycles. The van der Waals surface area contributed by atoms with Crippen molar-refractivity contribution in [2.45, 2.75) is 32.6 Å². The maximum atomic E-state index is 5.38. The van der Waals surface area contributed by atoms with Crippen molar-refractivity contribution in [2.24, 2.45) is 28.6 Å². The van der Waals surface area contributed by atoms with Gasteiger partial charge in [0, 0.05) is 13.1 Å². The van der Waals surface area contributed by atoms with E-state index in [0.29, 0.717) is 0 Å². The van der Waals surface area contributed by atoms with Gasteiger partial charge in [-0.3, -0.25) is 10.4 Å². The topological polar surface area (TPSA) is 62.4 Å². The fourth-order valence-corrected chi connectivity index (χ4v) is 3.13. The number of nitrogens with one attached hydrogen (secondary N) is 2. The van der Waals surface area contributed by atoms with Crippen molar-refractivity contribution in [2.75, 3.05) is 13.1 Å². The van der Waals surface area contributed by atoms with Crippen LogP contribution >= 0.6 is 0 Å². The summed E-state index contributed by atoms with van der Waals surface area (Å²) in [5, 5.41) is 3.11. The van der Waals surface area contributed by atoms with Crippen LogP contribution in [0.5, 0.6) is 0 Å². The average Bonchev–Trinajstić information content (AvgIpc) is 2.85. The first-order valence-corrected chi connectivity index (χ1v) is 6.08. The summed E-state index contributed by atoms with van der Waals surface area (Å²) in [5.74, 6) is 8.87. The monoisotopic (exact) mass is 210 g/mol. The Morgan fingerprint density at radius 1 is 1.40 bits per heavy atom. The molecule has 4 nitrogen and oxygen atoms in total. The summed E-state index contributed by atoms with van der Waals surface area (Å²) in [6, 6.07) is 0. The number of fused-ring (bicyclic) bond motifs is 2.